The monoisotopic (exact) mass is 333 g/mol. The van der Waals surface area contributed by atoms with Gasteiger partial charge in [-0.05, 0) is 23.6 Å². The minimum atomic E-state index is -0.639. The Labute approximate surface area is 136 Å². The fraction of sp³-hybridized carbons (Fsp3) is 0.429. The van der Waals surface area contributed by atoms with Crippen LogP contribution in [0.1, 0.15) is 31.1 Å². The maximum absolute atomic E-state index is 12.0. The van der Waals surface area contributed by atoms with Gasteiger partial charge in [0.15, 0.2) is 0 Å². The summed E-state index contributed by atoms with van der Waals surface area (Å²) < 4.78 is 0. The number of hydrogen-bond donors (Lipinski definition) is 3. The van der Waals surface area contributed by atoms with E-state index in [2.05, 4.69) is 10.6 Å². The first-order valence-electron chi connectivity index (χ1n) is 6.25. The number of nitrogens with two attached hydrogens (primary N) is 1. The third-order valence-corrected chi connectivity index (χ3v) is 3.24. The summed E-state index contributed by atoms with van der Waals surface area (Å²) in [5.41, 5.74) is 6.39. The lowest BCUT2D eigenvalue weighted by molar-refractivity contribution is -0.119. The Morgan fingerprint density at radius 3 is 2.29 bits per heavy atom. The van der Waals surface area contributed by atoms with Gasteiger partial charge in [0, 0.05) is 12.7 Å². The molecular weight excluding hydrogens is 313 g/mol. The average Bonchev–Trinajstić information content (AvgIpc) is 2.36. The summed E-state index contributed by atoms with van der Waals surface area (Å²) in [6.45, 7) is 5.66. The third kappa shape index (κ3) is 5.19. The van der Waals surface area contributed by atoms with E-state index >= 15 is 0 Å². The summed E-state index contributed by atoms with van der Waals surface area (Å²) in [4.78, 5) is 23.5. The van der Waals surface area contributed by atoms with E-state index in [0.29, 0.717) is 11.3 Å². The summed E-state index contributed by atoms with van der Waals surface area (Å²) in [5.74, 6) is -0.569. The highest BCUT2D eigenvalue weighted by Crippen LogP contribution is 2.23. The number of nitrogens with one attached hydrogen (secondary N) is 2. The van der Waals surface area contributed by atoms with E-state index in [1.54, 1.807) is 12.1 Å². The molecular formula is C14H21Cl2N3O2. The molecule has 2 amide bonds. The smallest absolute Gasteiger partial charge is 0.252 e. The second-order valence-corrected chi connectivity index (χ2v) is 6.01. The molecule has 1 atom stereocenters. The fourth-order valence-electron chi connectivity index (χ4n) is 1.52. The molecule has 0 aromatic heterocycles. The number of carbonyl (C=O) groups is 2. The third-order valence-electron chi connectivity index (χ3n) is 2.92. The molecule has 0 fully saturated rings. The van der Waals surface area contributed by atoms with Crippen molar-refractivity contribution in [1.29, 1.82) is 0 Å². The van der Waals surface area contributed by atoms with E-state index in [1.807, 2.05) is 20.8 Å². The van der Waals surface area contributed by atoms with Crippen LogP contribution in [0, 0.1) is 5.41 Å². The van der Waals surface area contributed by atoms with Crippen molar-refractivity contribution in [3.8, 4) is 0 Å². The first-order chi connectivity index (χ1) is 9.16. The summed E-state index contributed by atoms with van der Waals surface area (Å²) in [6.07, 6.45) is 0. The Morgan fingerprint density at radius 2 is 1.86 bits per heavy atom. The summed E-state index contributed by atoms with van der Waals surface area (Å²) >= 11 is 6.01. The second kappa shape index (κ2) is 7.64. The van der Waals surface area contributed by atoms with E-state index in [9.17, 15) is 9.59 Å². The lowest BCUT2D eigenvalue weighted by atomic mass is 9.87. The maximum atomic E-state index is 12.0. The van der Waals surface area contributed by atoms with Gasteiger partial charge in [0.25, 0.3) is 5.91 Å². The molecule has 0 unspecified atom stereocenters. The van der Waals surface area contributed by atoms with E-state index in [4.69, 9.17) is 17.3 Å². The fourth-order valence-corrected chi connectivity index (χ4v) is 1.79. The van der Waals surface area contributed by atoms with Crippen LogP contribution in [0.4, 0.5) is 5.69 Å². The zero-order chi connectivity index (χ0) is 15.5. The standard InChI is InChI=1S/C14H20ClN3O2.ClH/c1-14(2,3)11(16)13(20)18-8-5-6-9(10(15)7-8)12(19)17-4;/h5-7,11H,16H2,1-4H3,(H,17,19)(H,18,20);1H/t11-;/m1./s1. The molecule has 0 aliphatic heterocycles. The van der Waals surface area contributed by atoms with Crippen molar-refractivity contribution in [2.24, 2.45) is 11.1 Å². The van der Waals surface area contributed by atoms with Crippen LogP contribution in [0.25, 0.3) is 0 Å². The van der Waals surface area contributed by atoms with Gasteiger partial charge < -0.3 is 16.4 Å². The Hall–Kier alpha value is -1.30. The number of halogens is 2. The number of carbonyl (C=O) groups excluding carboxylic acids is 2. The van der Waals surface area contributed by atoms with Crippen LogP contribution in [0.5, 0.6) is 0 Å². The highest BCUT2D eigenvalue weighted by molar-refractivity contribution is 6.34. The normalized spacial score (nSPS) is 12.1. The van der Waals surface area contributed by atoms with Gasteiger partial charge in [0.2, 0.25) is 5.91 Å². The lowest BCUT2D eigenvalue weighted by Gasteiger charge is -2.25. The molecule has 0 saturated carbocycles. The molecule has 21 heavy (non-hydrogen) atoms. The molecule has 0 spiro atoms. The van der Waals surface area contributed by atoms with Gasteiger partial charge >= 0.3 is 0 Å². The number of benzene rings is 1. The predicted octanol–water partition coefficient (Wildman–Crippen LogP) is 2.43. The minimum absolute atomic E-state index is 0. The minimum Gasteiger partial charge on any atom is -0.355 e. The summed E-state index contributed by atoms with van der Waals surface area (Å²) in [6, 6.07) is 4.06. The lowest BCUT2D eigenvalue weighted by Crippen LogP contribution is -2.45. The molecule has 7 heteroatoms. The molecule has 1 aromatic rings. The van der Waals surface area contributed by atoms with Crippen molar-refractivity contribution < 1.29 is 9.59 Å². The molecule has 0 radical (unpaired) electrons. The van der Waals surface area contributed by atoms with E-state index in [0.717, 1.165) is 0 Å². The Balaban J connectivity index is 0.00000400. The quantitative estimate of drug-likeness (QED) is 0.794. The van der Waals surface area contributed by atoms with Crippen LogP contribution in [-0.2, 0) is 4.79 Å². The SMILES string of the molecule is CNC(=O)c1ccc(NC(=O)[C@@H](N)C(C)(C)C)cc1Cl.Cl. The molecule has 0 saturated heterocycles. The first kappa shape index (κ1) is 19.7. The van der Waals surface area contributed by atoms with Crippen LogP contribution >= 0.6 is 24.0 Å². The summed E-state index contributed by atoms with van der Waals surface area (Å²) in [7, 11) is 1.52. The molecule has 1 rings (SSSR count). The number of amides is 2. The van der Waals surface area contributed by atoms with Crippen molar-refractivity contribution >= 4 is 41.5 Å². The molecule has 118 valence electrons. The molecule has 0 aliphatic rings. The van der Waals surface area contributed by atoms with Crippen molar-refractivity contribution in [3.05, 3.63) is 28.8 Å². The van der Waals surface area contributed by atoms with E-state index in [1.165, 1.54) is 13.1 Å². The molecule has 0 heterocycles. The second-order valence-electron chi connectivity index (χ2n) is 5.61. The Kier molecular flexibility index (Phi) is 7.16. The predicted molar refractivity (Wildman–Crippen MR) is 88.2 cm³/mol. The highest BCUT2D eigenvalue weighted by atomic mass is 35.5. The van der Waals surface area contributed by atoms with Gasteiger partial charge in [-0.3, -0.25) is 9.59 Å². The van der Waals surface area contributed by atoms with Gasteiger partial charge in [0.1, 0.15) is 0 Å². The molecule has 0 bridgehead atoms. The van der Waals surface area contributed by atoms with Gasteiger partial charge in [-0.2, -0.15) is 0 Å². The maximum Gasteiger partial charge on any atom is 0.252 e. The largest absolute Gasteiger partial charge is 0.355 e. The van der Waals surface area contributed by atoms with Crippen molar-refractivity contribution in [1.82, 2.24) is 5.32 Å². The zero-order valence-electron chi connectivity index (χ0n) is 12.5. The number of rotatable bonds is 3. The van der Waals surface area contributed by atoms with E-state index in [-0.39, 0.29) is 34.7 Å². The van der Waals surface area contributed by atoms with Crippen molar-refractivity contribution in [3.63, 3.8) is 0 Å². The first-order valence-corrected chi connectivity index (χ1v) is 6.62. The molecule has 5 nitrogen and oxygen atoms in total. The highest BCUT2D eigenvalue weighted by Gasteiger charge is 2.27. The molecule has 1 aromatic carbocycles. The van der Waals surface area contributed by atoms with Crippen molar-refractivity contribution in [2.45, 2.75) is 26.8 Å². The number of hydrogen-bond acceptors (Lipinski definition) is 3. The van der Waals surface area contributed by atoms with Crippen LogP contribution in [0.15, 0.2) is 18.2 Å². The number of anilines is 1. The van der Waals surface area contributed by atoms with E-state index < -0.39 is 6.04 Å². The Bertz CT molecular complexity index is 527. The van der Waals surface area contributed by atoms with Gasteiger partial charge in [-0.1, -0.05) is 32.4 Å². The average molecular weight is 334 g/mol. The van der Waals surface area contributed by atoms with Gasteiger partial charge in [-0.15, -0.1) is 12.4 Å². The van der Waals surface area contributed by atoms with Crippen LogP contribution in [0.2, 0.25) is 5.02 Å². The van der Waals surface area contributed by atoms with Crippen molar-refractivity contribution in [2.75, 3.05) is 12.4 Å². The van der Waals surface area contributed by atoms with Crippen LogP contribution < -0.4 is 16.4 Å². The van der Waals surface area contributed by atoms with Crippen LogP contribution in [-0.4, -0.2) is 24.9 Å². The van der Waals surface area contributed by atoms with Crippen LogP contribution in [0.3, 0.4) is 0 Å². The van der Waals surface area contributed by atoms with Gasteiger partial charge in [0.05, 0.1) is 16.6 Å². The van der Waals surface area contributed by atoms with Gasteiger partial charge in [-0.25, -0.2) is 0 Å². The molecule has 4 N–H and O–H groups in total. The Morgan fingerprint density at radius 1 is 1.29 bits per heavy atom. The zero-order valence-corrected chi connectivity index (χ0v) is 14.1. The topological polar surface area (TPSA) is 84.2 Å². The summed E-state index contributed by atoms with van der Waals surface area (Å²) in [5, 5.41) is 5.45. The molecule has 0 aliphatic carbocycles.